The van der Waals surface area contributed by atoms with Crippen molar-refractivity contribution in [2.45, 2.75) is 26.3 Å². The van der Waals surface area contributed by atoms with E-state index in [1.807, 2.05) is 19.1 Å². The molecule has 0 saturated carbocycles. The number of amides is 1. The fourth-order valence-electron chi connectivity index (χ4n) is 2.74. The molecule has 0 spiro atoms. The van der Waals surface area contributed by atoms with Crippen molar-refractivity contribution in [1.29, 1.82) is 0 Å². The van der Waals surface area contributed by atoms with Crippen LogP contribution in [0.3, 0.4) is 0 Å². The van der Waals surface area contributed by atoms with E-state index in [1.165, 1.54) is 5.56 Å². The minimum Gasteiger partial charge on any atom is -0.345 e. The zero-order chi connectivity index (χ0) is 18.0. The molecule has 3 rings (SSSR count). The van der Waals surface area contributed by atoms with Crippen molar-refractivity contribution in [3.63, 3.8) is 0 Å². The molecule has 0 aliphatic carbocycles. The molecule has 6 nitrogen and oxygen atoms in total. The maximum Gasteiger partial charge on any atom is 0.256 e. The standard InChI is InChI=1S/C18H21N3O3S/c1-3-14-4-6-15(7-5-14)13(2)19-18(22)16-8-9-17-20-25(23,24)11-10-21(17)12-16/h4-9,12-13H,3,10-11H2,1-2H3,(H,19,22). The summed E-state index contributed by atoms with van der Waals surface area (Å²) < 4.78 is 26.7. The number of nitrogens with zero attached hydrogens (tertiary/aromatic N) is 2. The lowest BCUT2D eigenvalue weighted by Crippen LogP contribution is -2.38. The molecule has 1 amide bonds. The van der Waals surface area contributed by atoms with Gasteiger partial charge in [0.05, 0.1) is 17.4 Å². The number of benzene rings is 1. The van der Waals surface area contributed by atoms with E-state index in [0.29, 0.717) is 18.0 Å². The molecule has 0 fully saturated rings. The van der Waals surface area contributed by atoms with Gasteiger partial charge in [-0.1, -0.05) is 31.2 Å². The maximum absolute atomic E-state index is 12.5. The molecule has 2 heterocycles. The Kier molecular flexibility index (Phi) is 4.76. The van der Waals surface area contributed by atoms with Crippen LogP contribution in [0.4, 0.5) is 0 Å². The second kappa shape index (κ2) is 6.84. The number of hydrogen-bond donors (Lipinski definition) is 1. The lowest BCUT2D eigenvalue weighted by molar-refractivity contribution is -0.117. The Labute approximate surface area is 148 Å². The van der Waals surface area contributed by atoms with E-state index in [9.17, 15) is 13.2 Å². The number of fused-ring (bicyclic) bond motifs is 1. The van der Waals surface area contributed by atoms with Gasteiger partial charge in [0, 0.05) is 12.7 Å². The highest BCUT2D eigenvalue weighted by molar-refractivity contribution is 7.90. The molecule has 1 N–H and O–H groups in total. The quantitative estimate of drug-likeness (QED) is 0.891. The molecule has 1 aromatic rings. The minimum atomic E-state index is -3.39. The van der Waals surface area contributed by atoms with Crippen LogP contribution in [-0.2, 0) is 21.2 Å². The first-order valence-corrected chi connectivity index (χ1v) is 9.88. The van der Waals surface area contributed by atoms with Crippen molar-refractivity contribution in [1.82, 2.24) is 10.2 Å². The zero-order valence-corrected chi connectivity index (χ0v) is 15.1. The second-order valence-electron chi connectivity index (χ2n) is 6.14. The summed E-state index contributed by atoms with van der Waals surface area (Å²) in [6, 6.07) is 8.05. The number of carbonyl (C=O) groups is 1. The molecule has 0 aromatic heterocycles. The van der Waals surface area contributed by atoms with Crippen molar-refractivity contribution in [3.8, 4) is 0 Å². The van der Waals surface area contributed by atoms with Gasteiger partial charge in [-0.3, -0.25) is 4.79 Å². The van der Waals surface area contributed by atoms with Gasteiger partial charge in [0.2, 0.25) is 0 Å². The van der Waals surface area contributed by atoms with E-state index in [2.05, 4.69) is 28.8 Å². The first-order valence-electron chi connectivity index (χ1n) is 8.27. The summed E-state index contributed by atoms with van der Waals surface area (Å²) in [4.78, 5) is 14.2. The van der Waals surface area contributed by atoms with E-state index < -0.39 is 10.0 Å². The third-order valence-electron chi connectivity index (χ3n) is 4.32. The molecule has 1 atom stereocenters. The molecule has 1 aromatic carbocycles. The van der Waals surface area contributed by atoms with E-state index in [-0.39, 0.29) is 17.7 Å². The molecule has 132 valence electrons. The SMILES string of the molecule is CCc1ccc(C(C)NC(=O)C2=CN3CCS(=O)(=O)N=C3C=C2)cc1. The van der Waals surface area contributed by atoms with Crippen LogP contribution < -0.4 is 5.32 Å². The highest BCUT2D eigenvalue weighted by Gasteiger charge is 2.25. The molecule has 0 saturated heterocycles. The van der Waals surface area contributed by atoms with Crippen LogP contribution in [0.2, 0.25) is 0 Å². The number of amidine groups is 1. The molecule has 7 heteroatoms. The minimum absolute atomic E-state index is 0.0457. The monoisotopic (exact) mass is 359 g/mol. The van der Waals surface area contributed by atoms with Crippen LogP contribution in [-0.4, -0.2) is 37.4 Å². The summed E-state index contributed by atoms with van der Waals surface area (Å²) in [6.45, 7) is 4.34. The van der Waals surface area contributed by atoms with Crippen molar-refractivity contribution in [2.75, 3.05) is 12.3 Å². The Bertz CT molecular complexity index is 867. The summed E-state index contributed by atoms with van der Waals surface area (Å²) in [7, 11) is -3.39. The average Bonchev–Trinajstić information content (AvgIpc) is 2.60. The highest BCUT2D eigenvalue weighted by Crippen LogP contribution is 2.18. The van der Waals surface area contributed by atoms with Gasteiger partial charge in [0.25, 0.3) is 15.9 Å². The topological polar surface area (TPSA) is 78.8 Å². The van der Waals surface area contributed by atoms with Crippen LogP contribution in [0.25, 0.3) is 0 Å². The zero-order valence-electron chi connectivity index (χ0n) is 14.3. The normalized spacial score (nSPS) is 19.5. The summed E-state index contributed by atoms with van der Waals surface area (Å²) in [6.07, 6.45) is 5.79. The lowest BCUT2D eigenvalue weighted by Gasteiger charge is -2.27. The van der Waals surface area contributed by atoms with Crippen molar-refractivity contribution >= 4 is 21.8 Å². The largest absolute Gasteiger partial charge is 0.345 e. The Hall–Kier alpha value is -2.41. The smallest absolute Gasteiger partial charge is 0.256 e. The molecule has 2 aliphatic rings. The molecule has 0 radical (unpaired) electrons. The van der Waals surface area contributed by atoms with Crippen molar-refractivity contribution in [2.24, 2.45) is 4.40 Å². The Morgan fingerprint density at radius 3 is 2.68 bits per heavy atom. The van der Waals surface area contributed by atoms with Crippen LogP contribution in [0.15, 0.2) is 52.6 Å². The summed E-state index contributed by atoms with van der Waals surface area (Å²) >= 11 is 0. The number of nitrogens with one attached hydrogen (secondary N) is 1. The second-order valence-corrected chi connectivity index (χ2v) is 7.89. The van der Waals surface area contributed by atoms with Crippen LogP contribution >= 0.6 is 0 Å². The lowest BCUT2D eigenvalue weighted by atomic mass is 10.0. The molecule has 25 heavy (non-hydrogen) atoms. The van der Waals surface area contributed by atoms with Gasteiger partial charge in [-0.2, -0.15) is 0 Å². The van der Waals surface area contributed by atoms with E-state index >= 15 is 0 Å². The Morgan fingerprint density at radius 1 is 1.28 bits per heavy atom. The number of rotatable bonds is 4. The van der Waals surface area contributed by atoms with Gasteiger partial charge in [-0.05, 0) is 36.6 Å². The fraction of sp³-hybridized carbons (Fsp3) is 0.333. The van der Waals surface area contributed by atoms with Gasteiger partial charge >= 0.3 is 0 Å². The number of carbonyl (C=O) groups excluding carboxylic acids is 1. The number of sulfonamides is 1. The maximum atomic E-state index is 12.5. The average molecular weight is 359 g/mol. The van der Waals surface area contributed by atoms with E-state index in [4.69, 9.17) is 0 Å². The van der Waals surface area contributed by atoms with Crippen molar-refractivity contribution < 1.29 is 13.2 Å². The first-order chi connectivity index (χ1) is 11.9. The van der Waals surface area contributed by atoms with Crippen LogP contribution in [0, 0.1) is 0 Å². The first kappa shape index (κ1) is 17.4. The molecular weight excluding hydrogens is 338 g/mol. The van der Waals surface area contributed by atoms with Gasteiger partial charge < -0.3 is 10.2 Å². The van der Waals surface area contributed by atoms with Gasteiger partial charge in [0.15, 0.2) is 0 Å². The van der Waals surface area contributed by atoms with Gasteiger partial charge in [-0.15, -0.1) is 4.40 Å². The molecule has 1 unspecified atom stereocenters. The number of aryl methyl sites for hydroxylation is 1. The van der Waals surface area contributed by atoms with Crippen molar-refractivity contribution in [3.05, 3.63) is 59.3 Å². The van der Waals surface area contributed by atoms with Gasteiger partial charge in [-0.25, -0.2) is 8.42 Å². The predicted molar refractivity (Wildman–Crippen MR) is 97.5 cm³/mol. The molecule has 0 bridgehead atoms. The predicted octanol–water partition coefficient (Wildman–Crippen LogP) is 1.92. The Balaban J connectivity index is 1.69. The van der Waals surface area contributed by atoms with Crippen LogP contribution in [0.5, 0.6) is 0 Å². The van der Waals surface area contributed by atoms with Gasteiger partial charge in [0.1, 0.15) is 5.84 Å². The van der Waals surface area contributed by atoms with E-state index in [1.54, 1.807) is 23.3 Å². The molecule has 2 aliphatic heterocycles. The fourth-order valence-corrected chi connectivity index (χ4v) is 3.71. The highest BCUT2D eigenvalue weighted by atomic mass is 32.2. The molecular formula is C18H21N3O3S. The Morgan fingerprint density at radius 2 is 2.00 bits per heavy atom. The summed E-state index contributed by atoms with van der Waals surface area (Å²) in [5.41, 5.74) is 2.78. The third kappa shape index (κ3) is 3.99. The summed E-state index contributed by atoms with van der Waals surface area (Å²) in [5, 5.41) is 2.97. The van der Waals surface area contributed by atoms with Crippen LogP contribution in [0.1, 0.15) is 31.0 Å². The van der Waals surface area contributed by atoms with E-state index in [0.717, 1.165) is 12.0 Å². The third-order valence-corrected chi connectivity index (χ3v) is 5.49. The summed E-state index contributed by atoms with van der Waals surface area (Å²) in [5.74, 6) is 0.109. The number of hydrogen-bond acceptors (Lipinski definition) is 4.